The van der Waals surface area contributed by atoms with E-state index < -0.39 is 5.25 Å². The van der Waals surface area contributed by atoms with E-state index in [-0.39, 0.29) is 11.8 Å². The zero-order valence-corrected chi connectivity index (χ0v) is 22.1. The maximum atomic E-state index is 13.5. The van der Waals surface area contributed by atoms with Crippen LogP contribution in [0.1, 0.15) is 32.3 Å². The molecule has 0 bridgehead atoms. The summed E-state index contributed by atoms with van der Waals surface area (Å²) < 4.78 is 0. The molecule has 0 saturated carbocycles. The van der Waals surface area contributed by atoms with Crippen LogP contribution in [0, 0.1) is 13.8 Å². The van der Waals surface area contributed by atoms with Gasteiger partial charge in [0.05, 0.1) is 0 Å². The molecule has 4 nitrogen and oxygen atoms in total. The first-order chi connectivity index (χ1) is 18.5. The monoisotopic (exact) mass is 516 g/mol. The predicted octanol–water partition coefficient (Wildman–Crippen LogP) is 8.18. The molecule has 0 fully saturated rings. The van der Waals surface area contributed by atoms with Crippen molar-refractivity contribution in [3.8, 4) is 0 Å². The summed E-state index contributed by atoms with van der Waals surface area (Å²) in [6.07, 6.45) is 0. The van der Waals surface area contributed by atoms with E-state index in [0.29, 0.717) is 11.3 Å². The minimum absolute atomic E-state index is 0.102. The number of hydrogen-bond acceptors (Lipinski definition) is 3. The fraction of sp³-hybridized carbons (Fsp3) is 0.0909. The molecule has 5 aromatic carbocycles. The van der Waals surface area contributed by atoms with Crippen LogP contribution in [0.15, 0.2) is 120 Å². The number of hydrogen-bond donors (Lipinski definition) is 2. The quantitative estimate of drug-likeness (QED) is 0.214. The van der Waals surface area contributed by atoms with Crippen molar-refractivity contribution < 1.29 is 9.59 Å². The van der Waals surface area contributed by atoms with E-state index in [0.717, 1.165) is 32.5 Å². The van der Waals surface area contributed by atoms with E-state index in [4.69, 9.17) is 0 Å². The van der Waals surface area contributed by atoms with E-state index >= 15 is 0 Å². The van der Waals surface area contributed by atoms with Gasteiger partial charge in [-0.15, -0.1) is 11.8 Å². The van der Waals surface area contributed by atoms with Gasteiger partial charge in [0.2, 0.25) is 5.91 Å². The van der Waals surface area contributed by atoms with E-state index in [9.17, 15) is 9.59 Å². The van der Waals surface area contributed by atoms with Crippen molar-refractivity contribution in [3.05, 3.63) is 138 Å². The summed E-state index contributed by atoms with van der Waals surface area (Å²) in [5.74, 6) is -0.278. The molecule has 188 valence electrons. The Labute approximate surface area is 227 Å². The lowest BCUT2D eigenvalue weighted by atomic mass is 10.1. The molecule has 1 unspecified atom stereocenters. The molecule has 0 heterocycles. The van der Waals surface area contributed by atoms with Gasteiger partial charge in [-0.25, -0.2) is 0 Å². The van der Waals surface area contributed by atoms with Gasteiger partial charge in [-0.05, 0) is 83.8 Å². The van der Waals surface area contributed by atoms with Crippen molar-refractivity contribution in [2.24, 2.45) is 0 Å². The number of amides is 2. The van der Waals surface area contributed by atoms with Crippen molar-refractivity contribution in [3.63, 3.8) is 0 Å². The van der Waals surface area contributed by atoms with Gasteiger partial charge in [0.25, 0.3) is 5.91 Å². The normalized spacial score (nSPS) is 11.6. The number of carbonyl (C=O) groups is 2. The molecule has 38 heavy (non-hydrogen) atoms. The molecule has 5 aromatic rings. The molecular weight excluding hydrogens is 488 g/mol. The fourth-order valence-electron chi connectivity index (χ4n) is 4.24. The van der Waals surface area contributed by atoms with Crippen molar-refractivity contribution in [2.45, 2.75) is 24.0 Å². The van der Waals surface area contributed by atoms with Crippen LogP contribution < -0.4 is 10.6 Å². The Morgan fingerprint density at radius 3 is 2.16 bits per heavy atom. The van der Waals surface area contributed by atoms with Gasteiger partial charge in [-0.1, -0.05) is 72.8 Å². The van der Waals surface area contributed by atoms with E-state index in [1.54, 1.807) is 0 Å². The molecule has 2 amide bonds. The Hall–Kier alpha value is -4.35. The summed E-state index contributed by atoms with van der Waals surface area (Å²) >= 11 is 1.45. The van der Waals surface area contributed by atoms with Crippen LogP contribution >= 0.6 is 11.8 Å². The van der Waals surface area contributed by atoms with Gasteiger partial charge in [0, 0.05) is 21.8 Å². The lowest BCUT2D eigenvalue weighted by Crippen LogP contribution is -2.19. The highest BCUT2D eigenvalue weighted by Crippen LogP contribution is 2.37. The third kappa shape index (κ3) is 5.96. The van der Waals surface area contributed by atoms with E-state index in [2.05, 4.69) is 17.6 Å². The second kappa shape index (κ2) is 11.4. The largest absolute Gasteiger partial charge is 0.325 e. The number of aryl methyl sites for hydroxylation is 2. The third-order valence-corrected chi connectivity index (χ3v) is 7.72. The summed E-state index contributed by atoms with van der Waals surface area (Å²) in [4.78, 5) is 27.3. The summed E-state index contributed by atoms with van der Waals surface area (Å²) in [6.45, 7) is 4.08. The smallest absolute Gasteiger partial charge is 0.255 e. The standard InChI is InChI=1S/C33H28N2O2S/c1-22-15-18-29(19-23(22)2)35-33(37)31(25-10-4-3-5-11-25)38-30-14-8-13-28(21-30)34-32(36)27-17-16-24-9-6-7-12-26(24)20-27/h3-21,31H,1-2H3,(H,34,36)(H,35,37). The minimum Gasteiger partial charge on any atom is -0.325 e. The molecule has 0 aliphatic carbocycles. The van der Waals surface area contributed by atoms with Crippen LogP contribution in [0.5, 0.6) is 0 Å². The molecule has 0 aromatic heterocycles. The molecule has 2 N–H and O–H groups in total. The average molecular weight is 517 g/mol. The summed E-state index contributed by atoms with van der Waals surface area (Å²) in [7, 11) is 0. The number of rotatable bonds is 7. The number of fused-ring (bicyclic) bond motifs is 1. The van der Waals surface area contributed by atoms with E-state index in [1.165, 1.54) is 17.3 Å². The average Bonchev–Trinajstić information content (AvgIpc) is 2.94. The van der Waals surface area contributed by atoms with Crippen LogP contribution in [0.25, 0.3) is 10.8 Å². The topological polar surface area (TPSA) is 58.2 Å². The first-order valence-corrected chi connectivity index (χ1v) is 13.3. The third-order valence-electron chi connectivity index (χ3n) is 6.47. The minimum atomic E-state index is -0.468. The molecule has 1 atom stereocenters. The van der Waals surface area contributed by atoms with Crippen LogP contribution in [0.3, 0.4) is 0 Å². The Morgan fingerprint density at radius 2 is 1.37 bits per heavy atom. The summed E-state index contributed by atoms with van der Waals surface area (Å²) in [5, 5.41) is 7.73. The lowest BCUT2D eigenvalue weighted by Gasteiger charge is -2.18. The summed E-state index contributed by atoms with van der Waals surface area (Å²) in [5.41, 5.74) is 5.26. The van der Waals surface area contributed by atoms with Gasteiger partial charge >= 0.3 is 0 Å². The molecule has 0 aliphatic heterocycles. The molecule has 5 heteroatoms. The predicted molar refractivity (Wildman–Crippen MR) is 158 cm³/mol. The van der Waals surface area contributed by atoms with Crippen LogP contribution in [-0.2, 0) is 4.79 Å². The van der Waals surface area contributed by atoms with Crippen molar-refractivity contribution in [1.29, 1.82) is 0 Å². The highest BCUT2D eigenvalue weighted by molar-refractivity contribution is 8.00. The van der Waals surface area contributed by atoms with Crippen molar-refractivity contribution in [1.82, 2.24) is 0 Å². The highest BCUT2D eigenvalue weighted by atomic mass is 32.2. The van der Waals surface area contributed by atoms with Crippen LogP contribution in [-0.4, -0.2) is 11.8 Å². The second-order valence-corrected chi connectivity index (χ2v) is 10.4. The number of nitrogens with one attached hydrogen (secondary N) is 2. The van der Waals surface area contributed by atoms with Gasteiger partial charge < -0.3 is 10.6 Å². The van der Waals surface area contributed by atoms with Gasteiger partial charge in [-0.2, -0.15) is 0 Å². The Balaban J connectivity index is 1.35. The number of benzene rings is 5. The van der Waals surface area contributed by atoms with Crippen molar-refractivity contribution >= 4 is 45.7 Å². The highest BCUT2D eigenvalue weighted by Gasteiger charge is 2.22. The Bertz CT molecular complexity index is 1610. The molecule has 0 aliphatic rings. The number of thioether (sulfide) groups is 1. The van der Waals surface area contributed by atoms with Gasteiger partial charge in [0.1, 0.15) is 5.25 Å². The molecule has 5 rings (SSSR count). The summed E-state index contributed by atoms with van der Waals surface area (Å²) in [6, 6.07) is 36.9. The number of anilines is 2. The maximum Gasteiger partial charge on any atom is 0.255 e. The van der Waals surface area contributed by atoms with Crippen LogP contribution in [0.2, 0.25) is 0 Å². The molecule has 0 spiro atoms. The molecule has 0 radical (unpaired) electrons. The molecular formula is C33H28N2O2S. The Morgan fingerprint density at radius 1 is 0.632 bits per heavy atom. The van der Waals surface area contributed by atoms with E-state index in [1.807, 2.05) is 122 Å². The zero-order valence-electron chi connectivity index (χ0n) is 21.3. The molecule has 0 saturated heterocycles. The van der Waals surface area contributed by atoms with Gasteiger partial charge in [0.15, 0.2) is 0 Å². The Kier molecular flexibility index (Phi) is 7.57. The van der Waals surface area contributed by atoms with Crippen LogP contribution in [0.4, 0.5) is 11.4 Å². The lowest BCUT2D eigenvalue weighted by molar-refractivity contribution is -0.115. The van der Waals surface area contributed by atoms with Gasteiger partial charge in [-0.3, -0.25) is 9.59 Å². The zero-order chi connectivity index (χ0) is 26.5. The first-order valence-electron chi connectivity index (χ1n) is 12.5. The van der Waals surface area contributed by atoms with Crippen molar-refractivity contribution in [2.75, 3.05) is 10.6 Å². The SMILES string of the molecule is Cc1ccc(NC(=O)C(Sc2cccc(NC(=O)c3ccc4ccccc4c3)c2)c2ccccc2)cc1C. The first kappa shape index (κ1) is 25.3. The maximum absolute atomic E-state index is 13.5. The fourth-order valence-corrected chi connectivity index (χ4v) is 5.33. The second-order valence-electron chi connectivity index (χ2n) is 9.24. The number of carbonyl (C=O) groups excluding carboxylic acids is 2.